The molecule has 0 aromatic carbocycles. The van der Waals surface area contributed by atoms with E-state index in [2.05, 4.69) is 0 Å². The van der Waals surface area contributed by atoms with Crippen molar-refractivity contribution in [1.29, 1.82) is 0 Å². The highest BCUT2D eigenvalue weighted by molar-refractivity contribution is 7.80. The Labute approximate surface area is 126 Å². The van der Waals surface area contributed by atoms with E-state index in [1.807, 2.05) is 0 Å². The number of rotatable bonds is 5. The minimum Gasteiger partial charge on any atom is -0.393 e. The normalized spacial score (nSPS) is 22.3. The van der Waals surface area contributed by atoms with Gasteiger partial charge in [0, 0.05) is 19.4 Å². The van der Waals surface area contributed by atoms with Crippen LogP contribution < -0.4 is 5.73 Å². The van der Waals surface area contributed by atoms with Crippen molar-refractivity contribution >= 4 is 29.0 Å². The van der Waals surface area contributed by atoms with Crippen LogP contribution in [0.5, 0.6) is 0 Å². The van der Waals surface area contributed by atoms with Gasteiger partial charge in [-0.15, -0.1) is 0 Å². The van der Waals surface area contributed by atoms with Crippen molar-refractivity contribution < 1.29 is 9.59 Å². The molecule has 2 aliphatic rings. The fraction of sp³-hybridized carbons (Fsp3) is 0.800. The third-order valence-electron chi connectivity index (χ3n) is 4.62. The van der Waals surface area contributed by atoms with E-state index >= 15 is 0 Å². The van der Waals surface area contributed by atoms with E-state index in [0.717, 1.165) is 38.5 Å². The van der Waals surface area contributed by atoms with Gasteiger partial charge in [-0.3, -0.25) is 14.5 Å². The number of thiocarbonyl (C=S) groups is 1. The number of carbonyl (C=O) groups excluding carboxylic acids is 2. The van der Waals surface area contributed by atoms with Crippen LogP contribution in [0, 0.1) is 5.41 Å². The van der Waals surface area contributed by atoms with Gasteiger partial charge in [-0.25, -0.2) is 0 Å². The van der Waals surface area contributed by atoms with Gasteiger partial charge < -0.3 is 5.73 Å². The molecule has 112 valence electrons. The summed E-state index contributed by atoms with van der Waals surface area (Å²) in [6.45, 7) is 0.524. The van der Waals surface area contributed by atoms with Crippen molar-refractivity contribution in [1.82, 2.24) is 4.90 Å². The molecule has 2 fully saturated rings. The summed E-state index contributed by atoms with van der Waals surface area (Å²) in [5, 5.41) is 0. The Morgan fingerprint density at radius 2 is 1.70 bits per heavy atom. The van der Waals surface area contributed by atoms with Crippen molar-refractivity contribution in [3.63, 3.8) is 0 Å². The molecule has 20 heavy (non-hydrogen) atoms. The molecule has 0 radical (unpaired) electrons. The van der Waals surface area contributed by atoms with Gasteiger partial charge in [0.25, 0.3) is 0 Å². The first-order valence-corrected chi connectivity index (χ1v) is 8.05. The molecular weight excluding hydrogens is 272 g/mol. The third kappa shape index (κ3) is 3.78. The molecule has 0 aromatic rings. The molecule has 1 heterocycles. The molecule has 1 aliphatic carbocycles. The second kappa shape index (κ2) is 6.66. The molecule has 5 heteroatoms. The predicted molar refractivity (Wildman–Crippen MR) is 82.1 cm³/mol. The van der Waals surface area contributed by atoms with Crippen LogP contribution in [0.4, 0.5) is 0 Å². The average Bonchev–Trinajstić information content (AvgIpc) is 2.37. The lowest BCUT2D eigenvalue weighted by molar-refractivity contribution is -0.154. The van der Waals surface area contributed by atoms with Gasteiger partial charge in [-0.1, -0.05) is 31.5 Å². The first kappa shape index (κ1) is 15.4. The summed E-state index contributed by atoms with van der Waals surface area (Å²) in [5.74, 6) is 0.0527. The second-order valence-electron chi connectivity index (χ2n) is 6.28. The monoisotopic (exact) mass is 296 g/mol. The second-order valence-corrected chi connectivity index (χ2v) is 6.80. The van der Waals surface area contributed by atoms with E-state index in [0.29, 0.717) is 30.8 Å². The zero-order valence-corrected chi connectivity index (χ0v) is 12.8. The van der Waals surface area contributed by atoms with Crippen molar-refractivity contribution in [3.8, 4) is 0 Å². The molecule has 1 saturated heterocycles. The Morgan fingerprint density at radius 3 is 2.25 bits per heavy atom. The van der Waals surface area contributed by atoms with Crippen molar-refractivity contribution in [3.05, 3.63) is 0 Å². The van der Waals surface area contributed by atoms with Gasteiger partial charge in [0.05, 0.1) is 4.99 Å². The standard InChI is InChI=1S/C15H24N2O2S/c16-12(20)6-2-5-9-17-13(18)10-15(11-14(17)19)7-3-1-4-8-15/h1-11H2,(H2,16,20). The highest BCUT2D eigenvalue weighted by Crippen LogP contribution is 2.45. The topological polar surface area (TPSA) is 63.4 Å². The average molecular weight is 296 g/mol. The fourth-order valence-corrected chi connectivity index (χ4v) is 3.65. The number of hydrogen-bond donors (Lipinski definition) is 1. The minimum absolute atomic E-state index is 0.0122. The molecule has 2 amide bonds. The quantitative estimate of drug-likeness (QED) is 0.481. The number of nitrogens with zero attached hydrogens (tertiary/aromatic N) is 1. The Kier molecular flexibility index (Phi) is 5.13. The maximum atomic E-state index is 12.3. The number of likely N-dealkylation sites (tertiary alicyclic amines) is 1. The van der Waals surface area contributed by atoms with Crippen LogP contribution in [0.2, 0.25) is 0 Å². The van der Waals surface area contributed by atoms with Crippen LogP contribution in [0.1, 0.15) is 64.2 Å². The lowest BCUT2D eigenvalue weighted by Crippen LogP contribution is -2.48. The van der Waals surface area contributed by atoms with Gasteiger partial charge in [0.15, 0.2) is 0 Å². The summed E-state index contributed by atoms with van der Waals surface area (Å²) >= 11 is 4.82. The summed E-state index contributed by atoms with van der Waals surface area (Å²) < 4.78 is 0. The van der Waals surface area contributed by atoms with E-state index in [1.165, 1.54) is 11.3 Å². The van der Waals surface area contributed by atoms with Crippen LogP contribution in [-0.2, 0) is 9.59 Å². The van der Waals surface area contributed by atoms with Crippen LogP contribution in [0.25, 0.3) is 0 Å². The van der Waals surface area contributed by atoms with Gasteiger partial charge in [0.2, 0.25) is 11.8 Å². The Balaban J connectivity index is 1.85. The number of hydrogen-bond acceptors (Lipinski definition) is 3. The van der Waals surface area contributed by atoms with Gasteiger partial charge in [-0.05, 0) is 37.5 Å². The minimum atomic E-state index is -0.0122. The lowest BCUT2D eigenvalue weighted by Gasteiger charge is -2.42. The smallest absolute Gasteiger partial charge is 0.229 e. The van der Waals surface area contributed by atoms with Crippen LogP contribution in [0.3, 0.4) is 0 Å². The van der Waals surface area contributed by atoms with E-state index in [-0.39, 0.29) is 17.2 Å². The molecule has 4 nitrogen and oxygen atoms in total. The zero-order chi connectivity index (χ0) is 14.6. The summed E-state index contributed by atoms with van der Waals surface area (Å²) in [6, 6.07) is 0. The van der Waals surface area contributed by atoms with E-state index in [1.54, 1.807) is 0 Å². The SMILES string of the molecule is NC(=S)CCCCN1C(=O)CC2(CCCCC2)CC1=O. The maximum Gasteiger partial charge on any atom is 0.229 e. The first-order valence-electron chi connectivity index (χ1n) is 7.64. The lowest BCUT2D eigenvalue weighted by atomic mass is 9.67. The number of carbonyl (C=O) groups is 2. The van der Waals surface area contributed by atoms with Crippen molar-refractivity contribution in [2.75, 3.05) is 6.54 Å². The highest BCUT2D eigenvalue weighted by atomic mass is 32.1. The molecular formula is C15H24N2O2S. The van der Waals surface area contributed by atoms with Crippen LogP contribution >= 0.6 is 12.2 Å². The highest BCUT2D eigenvalue weighted by Gasteiger charge is 2.43. The molecule has 0 aromatic heterocycles. The van der Waals surface area contributed by atoms with Gasteiger partial charge >= 0.3 is 0 Å². The van der Waals surface area contributed by atoms with Crippen molar-refractivity contribution in [2.45, 2.75) is 64.2 Å². The molecule has 1 aliphatic heterocycles. The van der Waals surface area contributed by atoms with Crippen LogP contribution in [0.15, 0.2) is 0 Å². The van der Waals surface area contributed by atoms with Crippen LogP contribution in [-0.4, -0.2) is 28.2 Å². The summed E-state index contributed by atoms with van der Waals surface area (Å²) in [5.41, 5.74) is 5.43. The number of unbranched alkanes of at least 4 members (excludes halogenated alkanes) is 1. The van der Waals surface area contributed by atoms with E-state index in [9.17, 15) is 9.59 Å². The maximum absolute atomic E-state index is 12.3. The molecule has 1 spiro atoms. The molecule has 0 bridgehead atoms. The Bertz CT molecular complexity index is 383. The number of piperidine rings is 1. The predicted octanol–water partition coefficient (Wildman–Crippen LogP) is 2.54. The van der Waals surface area contributed by atoms with E-state index in [4.69, 9.17) is 18.0 Å². The van der Waals surface area contributed by atoms with Gasteiger partial charge in [-0.2, -0.15) is 0 Å². The molecule has 2 N–H and O–H groups in total. The van der Waals surface area contributed by atoms with E-state index < -0.39 is 0 Å². The van der Waals surface area contributed by atoms with Gasteiger partial charge in [0.1, 0.15) is 0 Å². The number of imide groups is 1. The molecule has 1 saturated carbocycles. The molecule has 2 rings (SSSR count). The number of nitrogens with two attached hydrogens (primary N) is 1. The van der Waals surface area contributed by atoms with Crippen molar-refractivity contribution in [2.24, 2.45) is 11.1 Å². The summed E-state index contributed by atoms with van der Waals surface area (Å²) in [6.07, 6.45) is 9.10. The third-order valence-corrected chi connectivity index (χ3v) is 4.83. The zero-order valence-electron chi connectivity index (χ0n) is 12.0. The largest absolute Gasteiger partial charge is 0.393 e. The fourth-order valence-electron chi connectivity index (χ4n) is 3.51. The number of amides is 2. The summed E-state index contributed by atoms with van der Waals surface area (Å²) in [4.78, 5) is 26.5. The first-order chi connectivity index (χ1) is 9.52. The Morgan fingerprint density at radius 1 is 1.10 bits per heavy atom. The molecule has 0 unspecified atom stereocenters. The summed E-state index contributed by atoms with van der Waals surface area (Å²) in [7, 11) is 0. The Hall–Kier alpha value is -0.970. The molecule has 0 atom stereocenters.